The number of aryl methyl sites for hydroxylation is 1. The summed E-state index contributed by atoms with van der Waals surface area (Å²) in [5, 5.41) is 9.70. The number of nitrogens with one attached hydrogen (secondary N) is 2. The Morgan fingerprint density at radius 3 is 2.57 bits per heavy atom. The van der Waals surface area contributed by atoms with E-state index in [2.05, 4.69) is 20.7 Å². The van der Waals surface area contributed by atoms with Gasteiger partial charge in [0.1, 0.15) is 5.75 Å². The van der Waals surface area contributed by atoms with E-state index >= 15 is 0 Å². The highest BCUT2D eigenvalue weighted by Crippen LogP contribution is 2.32. The number of aromatic nitrogens is 3. The fourth-order valence-electron chi connectivity index (χ4n) is 3.68. The molecule has 1 amide bonds. The Balaban J connectivity index is 1.77. The maximum atomic E-state index is 14.5. The van der Waals surface area contributed by atoms with Gasteiger partial charge in [-0.05, 0) is 36.8 Å². The molecule has 37 heavy (non-hydrogen) atoms. The number of imidazole rings is 1. The number of benzene rings is 2. The fraction of sp³-hybridized carbons (Fsp3) is 0.240. The molecule has 0 aliphatic carbocycles. The topological polar surface area (TPSA) is 89.8 Å². The van der Waals surface area contributed by atoms with Crippen LogP contribution in [0.3, 0.4) is 0 Å². The molecule has 0 aliphatic heterocycles. The van der Waals surface area contributed by atoms with Crippen LogP contribution in [0, 0.1) is 12.7 Å². The molecule has 194 valence electrons. The van der Waals surface area contributed by atoms with Crippen molar-refractivity contribution in [3.8, 4) is 28.6 Å². The van der Waals surface area contributed by atoms with Crippen LogP contribution in [0.15, 0.2) is 48.7 Å². The second-order valence-corrected chi connectivity index (χ2v) is 8.07. The summed E-state index contributed by atoms with van der Waals surface area (Å²) in [5.41, 5.74) is 2.78. The predicted molar refractivity (Wildman–Crippen MR) is 129 cm³/mol. The summed E-state index contributed by atoms with van der Waals surface area (Å²) in [6.45, 7) is 1.36. The first kappa shape index (κ1) is 25.7. The number of hydrogen-bond acceptors (Lipinski definition) is 6. The van der Waals surface area contributed by atoms with Crippen molar-refractivity contribution in [2.45, 2.75) is 19.5 Å². The number of carbonyl (C=O) groups excluding carboxylic acids is 1. The van der Waals surface area contributed by atoms with Gasteiger partial charge in [0.05, 0.1) is 31.1 Å². The molecule has 2 aromatic carbocycles. The van der Waals surface area contributed by atoms with Gasteiger partial charge in [-0.2, -0.15) is 13.2 Å². The largest absolute Gasteiger partial charge is 0.497 e. The van der Waals surface area contributed by atoms with Crippen molar-refractivity contribution in [3.63, 3.8) is 0 Å². The summed E-state index contributed by atoms with van der Waals surface area (Å²) >= 11 is 0. The lowest BCUT2D eigenvalue weighted by molar-refractivity contribution is -0.131. The van der Waals surface area contributed by atoms with Crippen molar-refractivity contribution in [2.75, 3.05) is 26.0 Å². The van der Waals surface area contributed by atoms with Crippen molar-refractivity contribution in [1.29, 1.82) is 0 Å². The number of amides is 1. The van der Waals surface area contributed by atoms with E-state index in [0.29, 0.717) is 22.4 Å². The van der Waals surface area contributed by atoms with Crippen LogP contribution < -0.4 is 20.1 Å². The zero-order chi connectivity index (χ0) is 26.7. The molecule has 2 N–H and O–H groups in total. The zero-order valence-corrected chi connectivity index (χ0v) is 20.1. The smallest absolute Gasteiger partial charge is 0.390 e. The molecule has 0 unspecified atom stereocenters. The molecule has 0 fully saturated rings. The third-order valence-corrected chi connectivity index (χ3v) is 5.52. The standard InChI is InChI=1S/C25H23F4N5O3/c1-14-10-15(4-6-17(14)24(35)30-2)20-13-32-23-19(31-9-8-25(27,28)29)12-22(33-34(20)23)37-21-7-5-16(36-3)11-18(21)26/h4-7,10-13,31H,8-9H2,1-3H3,(H,30,35). The lowest BCUT2D eigenvalue weighted by Gasteiger charge is -2.13. The molecule has 0 saturated carbocycles. The summed E-state index contributed by atoms with van der Waals surface area (Å²) in [6.07, 6.45) is -3.92. The van der Waals surface area contributed by atoms with E-state index in [1.54, 1.807) is 25.1 Å². The Morgan fingerprint density at radius 2 is 1.92 bits per heavy atom. The predicted octanol–water partition coefficient (Wildman–Crippen LogP) is 5.37. The summed E-state index contributed by atoms with van der Waals surface area (Å²) in [6, 6.07) is 10.5. The van der Waals surface area contributed by atoms with Gasteiger partial charge in [0.2, 0.25) is 5.88 Å². The molecule has 12 heteroatoms. The fourth-order valence-corrected chi connectivity index (χ4v) is 3.68. The molecule has 0 radical (unpaired) electrons. The molecule has 0 bridgehead atoms. The number of halogens is 4. The SMILES string of the molecule is CNC(=O)c1ccc(-c2cnc3c(NCCC(F)(F)F)cc(Oc4ccc(OC)cc4F)nn23)cc1C. The van der Waals surface area contributed by atoms with Gasteiger partial charge in [0.15, 0.2) is 17.2 Å². The van der Waals surface area contributed by atoms with Gasteiger partial charge in [-0.25, -0.2) is 13.9 Å². The molecule has 4 rings (SSSR count). The van der Waals surface area contributed by atoms with Crippen LogP contribution >= 0.6 is 0 Å². The summed E-state index contributed by atoms with van der Waals surface area (Å²) in [7, 11) is 2.93. The molecular weight excluding hydrogens is 494 g/mol. The van der Waals surface area contributed by atoms with E-state index in [9.17, 15) is 22.4 Å². The lowest BCUT2D eigenvalue weighted by atomic mass is 10.0. The number of fused-ring (bicyclic) bond motifs is 1. The van der Waals surface area contributed by atoms with Gasteiger partial charge in [0, 0.05) is 36.9 Å². The van der Waals surface area contributed by atoms with Crippen LogP contribution in [0.25, 0.3) is 16.9 Å². The second kappa shape index (κ2) is 10.3. The maximum Gasteiger partial charge on any atom is 0.390 e. The third kappa shape index (κ3) is 5.74. The Morgan fingerprint density at radius 1 is 1.14 bits per heavy atom. The molecule has 8 nitrogen and oxygen atoms in total. The van der Waals surface area contributed by atoms with Crippen molar-refractivity contribution < 1.29 is 31.8 Å². The van der Waals surface area contributed by atoms with Crippen LogP contribution in [0.5, 0.6) is 17.4 Å². The zero-order valence-electron chi connectivity index (χ0n) is 20.1. The first-order valence-corrected chi connectivity index (χ1v) is 11.1. The van der Waals surface area contributed by atoms with E-state index in [1.807, 2.05) is 0 Å². The van der Waals surface area contributed by atoms with E-state index < -0.39 is 25.0 Å². The lowest BCUT2D eigenvalue weighted by Crippen LogP contribution is -2.18. The van der Waals surface area contributed by atoms with Gasteiger partial charge >= 0.3 is 6.18 Å². The first-order chi connectivity index (χ1) is 17.6. The molecule has 0 aliphatic rings. The highest BCUT2D eigenvalue weighted by atomic mass is 19.4. The number of ether oxygens (including phenoxy) is 2. The number of anilines is 1. The van der Waals surface area contributed by atoms with Gasteiger partial charge in [-0.1, -0.05) is 6.07 Å². The van der Waals surface area contributed by atoms with E-state index in [0.717, 1.165) is 6.07 Å². The minimum atomic E-state index is -4.35. The summed E-state index contributed by atoms with van der Waals surface area (Å²) in [5.74, 6) is -0.895. The van der Waals surface area contributed by atoms with Crippen LogP contribution in [-0.2, 0) is 0 Å². The van der Waals surface area contributed by atoms with Crippen LogP contribution in [0.2, 0.25) is 0 Å². The quantitative estimate of drug-likeness (QED) is 0.306. The Bertz CT molecular complexity index is 1450. The van der Waals surface area contributed by atoms with Crippen molar-refractivity contribution in [1.82, 2.24) is 19.9 Å². The van der Waals surface area contributed by atoms with Crippen LogP contribution in [0.4, 0.5) is 23.2 Å². The number of hydrogen-bond donors (Lipinski definition) is 2. The monoisotopic (exact) mass is 517 g/mol. The molecule has 0 atom stereocenters. The first-order valence-electron chi connectivity index (χ1n) is 11.1. The Labute approximate surface area is 209 Å². The van der Waals surface area contributed by atoms with Crippen molar-refractivity contribution in [3.05, 3.63) is 65.6 Å². The minimum Gasteiger partial charge on any atom is -0.497 e. The van der Waals surface area contributed by atoms with Crippen molar-refractivity contribution >= 4 is 17.2 Å². The average Bonchev–Trinajstić information content (AvgIpc) is 3.28. The van der Waals surface area contributed by atoms with Gasteiger partial charge < -0.3 is 20.1 Å². The molecular formula is C25H23F4N5O3. The number of nitrogens with zero attached hydrogens (tertiary/aromatic N) is 3. The van der Waals surface area contributed by atoms with Gasteiger partial charge in [0.25, 0.3) is 5.91 Å². The second-order valence-electron chi connectivity index (χ2n) is 8.07. The maximum absolute atomic E-state index is 14.5. The van der Waals surface area contributed by atoms with E-state index in [1.165, 1.54) is 43.1 Å². The van der Waals surface area contributed by atoms with Crippen LogP contribution in [0.1, 0.15) is 22.3 Å². The number of carbonyl (C=O) groups is 1. The Hall–Kier alpha value is -4.35. The van der Waals surface area contributed by atoms with Crippen molar-refractivity contribution in [2.24, 2.45) is 0 Å². The van der Waals surface area contributed by atoms with E-state index in [-0.39, 0.29) is 34.6 Å². The normalized spacial score (nSPS) is 11.4. The molecule has 0 spiro atoms. The molecule has 2 heterocycles. The number of alkyl halides is 3. The third-order valence-electron chi connectivity index (χ3n) is 5.52. The molecule has 2 aromatic heterocycles. The van der Waals surface area contributed by atoms with Gasteiger partial charge in [-0.3, -0.25) is 4.79 Å². The van der Waals surface area contributed by atoms with Gasteiger partial charge in [-0.15, -0.1) is 5.10 Å². The summed E-state index contributed by atoms with van der Waals surface area (Å²) in [4.78, 5) is 16.4. The highest BCUT2D eigenvalue weighted by molar-refractivity contribution is 5.96. The van der Waals surface area contributed by atoms with Crippen LogP contribution in [-0.4, -0.2) is 47.4 Å². The average molecular weight is 517 g/mol. The summed E-state index contributed by atoms with van der Waals surface area (Å²) < 4.78 is 64.8. The molecule has 0 saturated heterocycles. The van der Waals surface area contributed by atoms with E-state index in [4.69, 9.17) is 9.47 Å². The number of methoxy groups -OCH3 is 1. The highest BCUT2D eigenvalue weighted by Gasteiger charge is 2.26. The number of rotatable bonds is 8. The molecule has 4 aromatic rings. The minimum absolute atomic E-state index is 0.0796. The Kier molecular flexibility index (Phi) is 7.18.